The van der Waals surface area contributed by atoms with Crippen molar-refractivity contribution in [3.63, 3.8) is 0 Å². The molecule has 2 aliphatic heterocycles. The Morgan fingerprint density at radius 3 is 2.80 bits per heavy atom. The minimum atomic E-state index is -0.324. The molecular weight excluding hydrogens is 382 g/mol. The van der Waals surface area contributed by atoms with E-state index >= 15 is 0 Å². The van der Waals surface area contributed by atoms with Crippen molar-refractivity contribution in [2.75, 3.05) is 33.3 Å². The number of carbonyl (C=O) groups excluding carboxylic acids is 1. The molecule has 1 aromatic heterocycles. The molecule has 4 rings (SSSR count). The highest BCUT2D eigenvalue weighted by Gasteiger charge is 2.50. The molecular formula is C23H31N3O4. The molecule has 0 N–H and O–H groups in total. The van der Waals surface area contributed by atoms with E-state index in [4.69, 9.17) is 14.0 Å². The predicted molar refractivity (Wildman–Crippen MR) is 112 cm³/mol. The lowest BCUT2D eigenvalue weighted by Crippen LogP contribution is -2.42. The molecule has 2 aliphatic rings. The molecule has 2 saturated heterocycles. The van der Waals surface area contributed by atoms with Crippen LogP contribution < -0.4 is 4.74 Å². The van der Waals surface area contributed by atoms with Crippen molar-refractivity contribution in [3.8, 4) is 5.75 Å². The topological polar surface area (TPSA) is 68.0 Å². The number of esters is 1. The highest BCUT2D eigenvalue weighted by molar-refractivity contribution is 5.79. The van der Waals surface area contributed by atoms with Gasteiger partial charge in [0.2, 0.25) is 0 Å². The number of cyclic esters (lactones) is 1. The Morgan fingerprint density at radius 2 is 2.07 bits per heavy atom. The summed E-state index contributed by atoms with van der Waals surface area (Å²) in [5, 5.41) is 3.95. The van der Waals surface area contributed by atoms with Gasteiger partial charge < -0.3 is 14.0 Å². The molecule has 0 aliphatic carbocycles. The third-order valence-corrected chi connectivity index (χ3v) is 6.24. The number of hydrogen-bond donors (Lipinski definition) is 0. The second-order valence-electron chi connectivity index (χ2n) is 8.52. The Hall–Kier alpha value is -2.38. The Kier molecular flexibility index (Phi) is 6.39. The van der Waals surface area contributed by atoms with Gasteiger partial charge in [0.15, 0.2) is 0 Å². The normalized spacial score (nSPS) is 21.3. The minimum Gasteiger partial charge on any atom is -0.494 e. The molecule has 30 heavy (non-hydrogen) atoms. The standard InChI is InChI=1S/C23H31N3O4/c1-3-28-21-7-5-4-6-18(21)15-26-11-9-23(10-12-26)14-20(30-22(23)27)17-25(2)16-19-8-13-29-24-19/h4-8,13,20H,3,9-12,14-17H2,1-2H3. The van der Waals surface area contributed by atoms with E-state index < -0.39 is 0 Å². The highest BCUT2D eigenvalue weighted by Crippen LogP contribution is 2.43. The van der Waals surface area contributed by atoms with Crippen molar-refractivity contribution >= 4 is 5.97 Å². The summed E-state index contributed by atoms with van der Waals surface area (Å²) in [6, 6.07) is 10.1. The van der Waals surface area contributed by atoms with Crippen molar-refractivity contribution < 1.29 is 18.8 Å². The van der Waals surface area contributed by atoms with Crippen LogP contribution in [0.3, 0.4) is 0 Å². The van der Waals surface area contributed by atoms with Crippen molar-refractivity contribution in [1.82, 2.24) is 15.0 Å². The summed E-state index contributed by atoms with van der Waals surface area (Å²) < 4.78 is 16.4. The summed E-state index contributed by atoms with van der Waals surface area (Å²) in [5.74, 6) is 0.937. The number of aromatic nitrogens is 1. The SMILES string of the molecule is CCOc1ccccc1CN1CCC2(CC1)CC(CN(C)Cc1ccon1)OC2=O. The fourth-order valence-corrected chi connectivity index (χ4v) is 4.67. The van der Waals surface area contributed by atoms with Crippen LogP contribution in [0, 0.1) is 5.41 Å². The highest BCUT2D eigenvalue weighted by atomic mass is 16.6. The molecule has 3 heterocycles. The number of ether oxygens (including phenoxy) is 2. The Balaban J connectivity index is 1.30. The summed E-state index contributed by atoms with van der Waals surface area (Å²) in [7, 11) is 2.02. The summed E-state index contributed by atoms with van der Waals surface area (Å²) in [6.07, 6.45) is 4.03. The lowest BCUT2D eigenvalue weighted by Gasteiger charge is -2.36. The third-order valence-electron chi connectivity index (χ3n) is 6.24. The number of benzene rings is 1. The molecule has 0 amide bonds. The third kappa shape index (κ3) is 4.68. The number of rotatable bonds is 8. The average molecular weight is 414 g/mol. The van der Waals surface area contributed by atoms with Gasteiger partial charge in [0.25, 0.3) is 0 Å². The van der Waals surface area contributed by atoms with Crippen molar-refractivity contribution in [1.29, 1.82) is 0 Å². The molecule has 162 valence electrons. The van der Waals surface area contributed by atoms with E-state index in [0.717, 1.165) is 50.3 Å². The van der Waals surface area contributed by atoms with Crippen molar-refractivity contribution in [2.45, 2.75) is 45.4 Å². The summed E-state index contributed by atoms with van der Waals surface area (Å²) in [5.41, 5.74) is 1.77. The number of hydrogen-bond acceptors (Lipinski definition) is 7. The fraction of sp³-hybridized carbons (Fsp3) is 0.565. The predicted octanol–water partition coefficient (Wildman–Crippen LogP) is 3.10. The van der Waals surface area contributed by atoms with Crippen molar-refractivity contribution in [3.05, 3.63) is 47.9 Å². The summed E-state index contributed by atoms with van der Waals surface area (Å²) >= 11 is 0. The van der Waals surface area contributed by atoms with Crippen LogP contribution in [0.5, 0.6) is 5.75 Å². The van der Waals surface area contributed by atoms with Gasteiger partial charge in [-0.15, -0.1) is 0 Å². The Morgan fingerprint density at radius 1 is 1.27 bits per heavy atom. The molecule has 2 aromatic rings. The van der Waals surface area contributed by atoms with E-state index in [2.05, 4.69) is 27.1 Å². The van der Waals surface area contributed by atoms with E-state index in [-0.39, 0.29) is 17.5 Å². The van der Waals surface area contributed by atoms with Crippen LogP contribution in [-0.2, 0) is 22.6 Å². The van der Waals surface area contributed by atoms with Gasteiger partial charge in [0, 0.05) is 37.7 Å². The molecule has 0 saturated carbocycles. The number of nitrogens with zero attached hydrogens (tertiary/aromatic N) is 3. The minimum absolute atomic E-state index is 0.0169. The number of likely N-dealkylation sites (tertiary alicyclic amines) is 1. The van der Waals surface area contributed by atoms with Crippen LogP contribution in [0.1, 0.15) is 37.4 Å². The first-order valence-corrected chi connectivity index (χ1v) is 10.8. The van der Waals surface area contributed by atoms with Gasteiger partial charge in [0.1, 0.15) is 18.1 Å². The number of piperidine rings is 1. The van der Waals surface area contributed by atoms with Gasteiger partial charge in [-0.3, -0.25) is 14.6 Å². The van der Waals surface area contributed by atoms with Crippen LogP contribution in [0.25, 0.3) is 0 Å². The fourth-order valence-electron chi connectivity index (χ4n) is 4.67. The van der Waals surface area contributed by atoms with Gasteiger partial charge in [-0.1, -0.05) is 23.4 Å². The van der Waals surface area contributed by atoms with E-state index in [9.17, 15) is 4.79 Å². The van der Waals surface area contributed by atoms with Crippen LogP contribution in [0.2, 0.25) is 0 Å². The van der Waals surface area contributed by atoms with E-state index in [0.29, 0.717) is 19.7 Å². The summed E-state index contributed by atoms with van der Waals surface area (Å²) in [4.78, 5) is 17.3. The first kappa shape index (κ1) is 20.9. The average Bonchev–Trinajstić information content (AvgIpc) is 3.33. The maximum Gasteiger partial charge on any atom is 0.312 e. The second-order valence-corrected chi connectivity index (χ2v) is 8.52. The first-order chi connectivity index (χ1) is 14.6. The zero-order valence-electron chi connectivity index (χ0n) is 17.9. The quantitative estimate of drug-likeness (QED) is 0.616. The van der Waals surface area contributed by atoms with E-state index in [1.165, 1.54) is 5.56 Å². The maximum atomic E-state index is 12.8. The number of carbonyl (C=O) groups is 1. The van der Waals surface area contributed by atoms with Gasteiger partial charge in [0.05, 0.1) is 17.7 Å². The number of para-hydroxylation sites is 1. The smallest absolute Gasteiger partial charge is 0.312 e. The van der Waals surface area contributed by atoms with Gasteiger partial charge in [-0.2, -0.15) is 0 Å². The van der Waals surface area contributed by atoms with Gasteiger partial charge >= 0.3 is 5.97 Å². The Labute approximate surface area is 177 Å². The number of likely N-dealkylation sites (N-methyl/N-ethyl adjacent to an activating group) is 1. The van der Waals surface area contributed by atoms with Gasteiger partial charge in [-0.25, -0.2) is 0 Å². The molecule has 1 unspecified atom stereocenters. The van der Waals surface area contributed by atoms with E-state index in [1.54, 1.807) is 6.26 Å². The molecule has 1 aromatic carbocycles. The van der Waals surface area contributed by atoms with Gasteiger partial charge in [-0.05, 0) is 46.0 Å². The molecule has 7 nitrogen and oxygen atoms in total. The molecule has 0 radical (unpaired) electrons. The second kappa shape index (κ2) is 9.18. The van der Waals surface area contributed by atoms with Crippen LogP contribution >= 0.6 is 0 Å². The molecule has 1 atom stereocenters. The lowest BCUT2D eigenvalue weighted by atomic mass is 9.76. The summed E-state index contributed by atoms with van der Waals surface area (Å²) in [6.45, 7) is 6.72. The van der Waals surface area contributed by atoms with Crippen LogP contribution in [0.15, 0.2) is 41.1 Å². The molecule has 0 bridgehead atoms. The maximum absolute atomic E-state index is 12.8. The molecule has 2 fully saturated rings. The van der Waals surface area contributed by atoms with Crippen LogP contribution in [-0.4, -0.2) is 60.3 Å². The zero-order chi connectivity index (χ0) is 21.0. The van der Waals surface area contributed by atoms with Crippen LogP contribution in [0.4, 0.5) is 0 Å². The largest absolute Gasteiger partial charge is 0.494 e. The first-order valence-electron chi connectivity index (χ1n) is 10.8. The molecule has 1 spiro atoms. The molecule has 7 heteroatoms. The zero-order valence-corrected chi connectivity index (χ0v) is 17.9. The lowest BCUT2D eigenvalue weighted by molar-refractivity contribution is -0.151. The Bertz CT molecular complexity index is 831. The van der Waals surface area contributed by atoms with Crippen molar-refractivity contribution in [2.24, 2.45) is 5.41 Å². The monoisotopic (exact) mass is 413 g/mol. The van der Waals surface area contributed by atoms with E-state index in [1.807, 2.05) is 32.2 Å².